The maximum absolute atomic E-state index is 13.6. The number of aryl methyl sites for hydroxylation is 1. The number of rotatable bonds is 5. The number of thiazole rings is 1. The third-order valence-corrected chi connectivity index (χ3v) is 8.01. The molecule has 1 N–H and O–H groups in total. The Morgan fingerprint density at radius 2 is 1.69 bits per heavy atom. The van der Waals surface area contributed by atoms with Gasteiger partial charge in [0.25, 0.3) is 5.78 Å². The van der Waals surface area contributed by atoms with Crippen LogP contribution in [0.15, 0.2) is 66.2 Å². The summed E-state index contributed by atoms with van der Waals surface area (Å²) >= 11 is 1.29. The Hall–Kier alpha value is -4.17. The van der Waals surface area contributed by atoms with Crippen molar-refractivity contribution in [2.24, 2.45) is 0 Å². The molecule has 0 aliphatic carbocycles. The van der Waals surface area contributed by atoms with Crippen molar-refractivity contribution in [3.05, 3.63) is 88.5 Å². The number of hydrogen-bond acceptors (Lipinski definition) is 7. The fourth-order valence-electron chi connectivity index (χ4n) is 4.81. The van der Waals surface area contributed by atoms with Crippen LogP contribution in [0.25, 0.3) is 16.0 Å². The lowest BCUT2D eigenvalue weighted by atomic mass is 9.85. The third kappa shape index (κ3) is 4.65. The number of benzene rings is 3. The number of amides is 1. The summed E-state index contributed by atoms with van der Waals surface area (Å²) < 4.78 is 11.5. The van der Waals surface area contributed by atoms with Gasteiger partial charge in [0.05, 0.1) is 36.1 Å². The molecule has 1 aliphatic heterocycles. The lowest BCUT2D eigenvalue weighted by Crippen LogP contribution is -2.29. The standard InChI is InChI=1S/C31H30N2O5S/c1-17-15-19(9-14-23(17)38-6)27(34)25-26(18-7-10-20(11-8-18)31(2,3)4)33(29(36)28(25)35)30-32-22-13-12-21(37-5)16-24(22)39-30/h7-16,26,34H,1-6H3/t26-/m0/s1. The second kappa shape index (κ2) is 9.85. The SMILES string of the molecule is COc1ccc2nc(N3C(=O)C(=O)C(=C(O)c4ccc(OC)c(C)c4)[C@@H]3c3ccc(C(C)(C)C)cc3)sc2c1. The minimum Gasteiger partial charge on any atom is -0.507 e. The molecule has 0 saturated carbocycles. The van der Waals surface area contributed by atoms with E-state index in [1.54, 1.807) is 38.5 Å². The molecule has 8 heteroatoms. The highest BCUT2D eigenvalue weighted by Gasteiger charge is 2.48. The van der Waals surface area contributed by atoms with Crippen molar-refractivity contribution in [2.75, 3.05) is 19.1 Å². The Kier molecular flexibility index (Phi) is 6.68. The van der Waals surface area contributed by atoms with Crippen LogP contribution in [0, 0.1) is 6.92 Å². The van der Waals surface area contributed by atoms with E-state index in [9.17, 15) is 14.7 Å². The molecule has 39 heavy (non-hydrogen) atoms. The molecule has 7 nitrogen and oxygen atoms in total. The minimum absolute atomic E-state index is 0.0184. The van der Waals surface area contributed by atoms with Crippen molar-refractivity contribution in [3.63, 3.8) is 0 Å². The Balaban J connectivity index is 1.71. The number of nitrogens with zero attached hydrogens (tertiary/aromatic N) is 2. The normalized spacial score (nSPS) is 17.2. The highest BCUT2D eigenvalue weighted by Crippen LogP contribution is 2.45. The molecule has 1 fully saturated rings. The van der Waals surface area contributed by atoms with Crippen LogP contribution in [-0.2, 0) is 15.0 Å². The summed E-state index contributed by atoms with van der Waals surface area (Å²) in [6, 6.07) is 17.6. The van der Waals surface area contributed by atoms with Crippen LogP contribution < -0.4 is 14.4 Å². The number of hydrogen-bond donors (Lipinski definition) is 1. The molecule has 5 rings (SSSR count). The van der Waals surface area contributed by atoms with Gasteiger partial charge in [0.15, 0.2) is 5.13 Å². The van der Waals surface area contributed by atoms with Crippen LogP contribution >= 0.6 is 11.3 Å². The molecule has 1 atom stereocenters. The van der Waals surface area contributed by atoms with Crippen LogP contribution in [0.1, 0.15) is 49.1 Å². The van der Waals surface area contributed by atoms with Crippen LogP contribution in [0.3, 0.4) is 0 Å². The third-order valence-electron chi connectivity index (χ3n) is 7.00. The number of Topliss-reactive ketones (excluding diaryl/α,β-unsaturated/α-hetero) is 1. The summed E-state index contributed by atoms with van der Waals surface area (Å²) in [4.78, 5) is 33.2. The van der Waals surface area contributed by atoms with Crippen molar-refractivity contribution in [2.45, 2.75) is 39.2 Å². The van der Waals surface area contributed by atoms with Gasteiger partial charge in [-0.1, -0.05) is 56.4 Å². The van der Waals surface area contributed by atoms with Gasteiger partial charge in [-0.3, -0.25) is 14.5 Å². The van der Waals surface area contributed by atoms with Crippen molar-refractivity contribution < 1.29 is 24.2 Å². The molecular formula is C31H30N2O5S. The van der Waals surface area contributed by atoms with Crippen molar-refractivity contribution in [1.29, 1.82) is 0 Å². The number of aliphatic hydroxyl groups excluding tert-OH is 1. The average Bonchev–Trinajstić information content (AvgIpc) is 3.45. The number of anilines is 1. The zero-order valence-electron chi connectivity index (χ0n) is 22.7. The largest absolute Gasteiger partial charge is 0.507 e. The first-order valence-electron chi connectivity index (χ1n) is 12.5. The Bertz CT molecular complexity index is 1630. The Morgan fingerprint density at radius 3 is 2.31 bits per heavy atom. The van der Waals surface area contributed by atoms with Gasteiger partial charge < -0.3 is 14.6 Å². The predicted molar refractivity (Wildman–Crippen MR) is 154 cm³/mol. The number of aliphatic hydroxyl groups is 1. The fourth-order valence-corrected chi connectivity index (χ4v) is 5.84. The molecule has 4 aromatic rings. The second-order valence-corrected chi connectivity index (χ2v) is 11.6. The van der Waals surface area contributed by atoms with Gasteiger partial charge in [0.2, 0.25) is 0 Å². The highest BCUT2D eigenvalue weighted by atomic mass is 32.1. The average molecular weight is 543 g/mol. The fraction of sp³-hybridized carbons (Fsp3) is 0.258. The van der Waals surface area contributed by atoms with E-state index in [0.717, 1.165) is 15.8 Å². The van der Waals surface area contributed by atoms with Gasteiger partial charge >= 0.3 is 5.91 Å². The van der Waals surface area contributed by atoms with Crippen LogP contribution in [0.2, 0.25) is 0 Å². The first-order valence-corrected chi connectivity index (χ1v) is 13.4. The molecule has 1 saturated heterocycles. The molecule has 0 radical (unpaired) electrons. The van der Waals surface area contributed by atoms with Gasteiger partial charge in [-0.05, 0) is 65.4 Å². The van der Waals surface area contributed by atoms with Gasteiger partial charge in [-0.25, -0.2) is 4.98 Å². The zero-order chi connectivity index (χ0) is 28.1. The Labute approximate surface area is 231 Å². The van der Waals surface area contributed by atoms with E-state index < -0.39 is 17.7 Å². The van der Waals surface area contributed by atoms with E-state index in [-0.39, 0.29) is 16.7 Å². The van der Waals surface area contributed by atoms with Gasteiger partial charge in [0.1, 0.15) is 17.3 Å². The Morgan fingerprint density at radius 1 is 0.974 bits per heavy atom. The maximum Gasteiger partial charge on any atom is 0.301 e. The molecule has 0 spiro atoms. The lowest BCUT2D eigenvalue weighted by molar-refractivity contribution is -0.132. The van der Waals surface area contributed by atoms with Crippen molar-refractivity contribution >= 4 is 44.1 Å². The highest BCUT2D eigenvalue weighted by molar-refractivity contribution is 7.22. The second-order valence-electron chi connectivity index (χ2n) is 10.6. The number of fused-ring (bicyclic) bond motifs is 1. The number of ether oxygens (including phenoxy) is 2. The van der Waals surface area contributed by atoms with E-state index in [2.05, 4.69) is 25.8 Å². The monoisotopic (exact) mass is 542 g/mol. The molecule has 1 aliphatic rings. The first-order chi connectivity index (χ1) is 18.5. The summed E-state index contributed by atoms with van der Waals surface area (Å²) in [5.41, 5.74) is 3.66. The van der Waals surface area contributed by atoms with E-state index in [1.165, 1.54) is 16.2 Å². The molecule has 0 unspecified atom stereocenters. The van der Waals surface area contributed by atoms with E-state index in [4.69, 9.17) is 9.47 Å². The first kappa shape index (κ1) is 26.4. The summed E-state index contributed by atoms with van der Waals surface area (Å²) in [5, 5.41) is 11.9. The summed E-state index contributed by atoms with van der Waals surface area (Å²) in [5.74, 6) is -0.412. The molecular weight excluding hydrogens is 512 g/mol. The molecule has 1 amide bonds. The van der Waals surface area contributed by atoms with E-state index >= 15 is 0 Å². The summed E-state index contributed by atoms with van der Waals surface area (Å²) in [7, 11) is 3.16. The quantitative estimate of drug-likeness (QED) is 0.175. The summed E-state index contributed by atoms with van der Waals surface area (Å²) in [6.45, 7) is 8.22. The van der Waals surface area contributed by atoms with Crippen molar-refractivity contribution in [1.82, 2.24) is 4.98 Å². The summed E-state index contributed by atoms with van der Waals surface area (Å²) in [6.07, 6.45) is 0. The molecule has 1 aromatic heterocycles. The van der Waals surface area contributed by atoms with Gasteiger partial charge in [-0.2, -0.15) is 0 Å². The van der Waals surface area contributed by atoms with Crippen LogP contribution in [0.4, 0.5) is 5.13 Å². The molecule has 2 heterocycles. The number of carbonyl (C=O) groups excluding carboxylic acids is 2. The van der Waals surface area contributed by atoms with Crippen molar-refractivity contribution in [3.8, 4) is 11.5 Å². The topological polar surface area (TPSA) is 89.0 Å². The molecule has 200 valence electrons. The minimum atomic E-state index is -0.858. The molecule has 3 aromatic carbocycles. The predicted octanol–water partition coefficient (Wildman–Crippen LogP) is 6.55. The number of carbonyl (C=O) groups is 2. The zero-order valence-corrected chi connectivity index (χ0v) is 23.6. The smallest absolute Gasteiger partial charge is 0.301 e. The van der Waals surface area contributed by atoms with E-state index in [1.807, 2.05) is 43.3 Å². The number of methoxy groups -OCH3 is 2. The van der Waals surface area contributed by atoms with Crippen LogP contribution in [0.5, 0.6) is 11.5 Å². The van der Waals surface area contributed by atoms with E-state index in [0.29, 0.717) is 33.3 Å². The van der Waals surface area contributed by atoms with Gasteiger partial charge in [-0.15, -0.1) is 0 Å². The van der Waals surface area contributed by atoms with Gasteiger partial charge in [0, 0.05) is 5.56 Å². The number of aromatic nitrogens is 1. The maximum atomic E-state index is 13.6. The number of ketones is 1. The van der Waals surface area contributed by atoms with Crippen LogP contribution in [-0.4, -0.2) is 36.0 Å². The molecule has 0 bridgehead atoms. The lowest BCUT2D eigenvalue weighted by Gasteiger charge is -2.24.